The first-order valence-corrected chi connectivity index (χ1v) is 12.4. The molecule has 3 N–H and O–H groups in total. The van der Waals surface area contributed by atoms with E-state index >= 15 is 0 Å². The quantitative estimate of drug-likeness (QED) is 0.281. The molecule has 0 aliphatic heterocycles. The fraction of sp³-hybridized carbons (Fsp3) is 0.233. The summed E-state index contributed by atoms with van der Waals surface area (Å²) in [6, 6.07) is 20.6. The molecule has 1 heterocycles. The second-order valence-corrected chi connectivity index (χ2v) is 9.07. The summed E-state index contributed by atoms with van der Waals surface area (Å²) >= 11 is 0. The Bertz CT molecular complexity index is 1480. The van der Waals surface area contributed by atoms with Crippen LogP contribution < -0.4 is 16.2 Å². The first-order chi connectivity index (χ1) is 17.9. The summed E-state index contributed by atoms with van der Waals surface area (Å²) in [7, 11) is 1.68. The van der Waals surface area contributed by atoms with E-state index in [0.717, 1.165) is 41.5 Å². The number of aryl methyl sites for hydroxylation is 2. The zero-order chi connectivity index (χ0) is 26.4. The molecule has 4 aromatic rings. The number of benzene rings is 3. The van der Waals surface area contributed by atoms with Gasteiger partial charge in [-0.15, -0.1) is 0 Å². The molecule has 3 aromatic carbocycles. The summed E-state index contributed by atoms with van der Waals surface area (Å²) in [6.45, 7) is 3.97. The lowest BCUT2D eigenvalue weighted by atomic mass is 10.0. The highest BCUT2D eigenvalue weighted by Crippen LogP contribution is 2.28. The monoisotopic (exact) mass is 496 g/mol. The third kappa shape index (κ3) is 5.95. The summed E-state index contributed by atoms with van der Waals surface area (Å²) in [5, 5.41) is 15.6. The number of nitrogens with zero attached hydrogens (tertiary/aromatic N) is 2. The van der Waals surface area contributed by atoms with Gasteiger partial charge in [-0.3, -0.25) is 9.59 Å². The Morgan fingerprint density at radius 3 is 2.62 bits per heavy atom. The van der Waals surface area contributed by atoms with Crippen LogP contribution in [0.4, 0.5) is 17.2 Å². The highest BCUT2D eigenvalue weighted by atomic mass is 16.3. The SMILES string of the molecule is CCCCc1ccccc1C(=O)Nc1cccc(-c2cn(C)c(=O)c(Nc3cccc(CO)c3)n2)c1C. The minimum absolute atomic E-state index is 0.0955. The van der Waals surface area contributed by atoms with Crippen molar-refractivity contribution in [2.45, 2.75) is 39.7 Å². The Balaban J connectivity index is 1.65. The minimum Gasteiger partial charge on any atom is -0.392 e. The second kappa shape index (κ2) is 11.7. The van der Waals surface area contributed by atoms with Crippen molar-refractivity contribution in [2.24, 2.45) is 7.05 Å². The summed E-state index contributed by atoms with van der Waals surface area (Å²) in [5.74, 6) is 0.0280. The number of carbonyl (C=O) groups is 1. The molecule has 1 amide bonds. The van der Waals surface area contributed by atoms with Crippen LogP contribution in [0.2, 0.25) is 0 Å². The number of nitrogens with one attached hydrogen (secondary N) is 2. The van der Waals surface area contributed by atoms with Crippen LogP contribution in [0.25, 0.3) is 11.3 Å². The van der Waals surface area contributed by atoms with Gasteiger partial charge in [-0.05, 0) is 60.7 Å². The highest BCUT2D eigenvalue weighted by Gasteiger charge is 2.16. The molecule has 4 rings (SSSR count). The molecule has 0 aliphatic carbocycles. The van der Waals surface area contributed by atoms with Crippen molar-refractivity contribution < 1.29 is 9.90 Å². The number of amides is 1. The van der Waals surface area contributed by atoms with Crippen molar-refractivity contribution in [3.63, 3.8) is 0 Å². The van der Waals surface area contributed by atoms with Crippen LogP contribution in [0, 0.1) is 6.92 Å². The van der Waals surface area contributed by atoms with Crippen LogP contribution in [0.5, 0.6) is 0 Å². The number of aliphatic hydroxyl groups is 1. The smallest absolute Gasteiger partial charge is 0.293 e. The number of hydrogen-bond acceptors (Lipinski definition) is 5. The van der Waals surface area contributed by atoms with Crippen molar-refractivity contribution in [3.05, 3.63) is 106 Å². The maximum absolute atomic E-state index is 13.2. The lowest BCUT2D eigenvalue weighted by Crippen LogP contribution is -2.21. The van der Waals surface area contributed by atoms with Gasteiger partial charge in [-0.2, -0.15) is 0 Å². The predicted molar refractivity (Wildman–Crippen MR) is 148 cm³/mol. The van der Waals surface area contributed by atoms with E-state index in [0.29, 0.717) is 22.6 Å². The number of aliphatic hydroxyl groups excluding tert-OH is 1. The van der Waals surface area contributed by atoms with Crippen LogP contribution in [0.3, 0.4) is 0 Å². The van der Waals surface area contributed by atoms with Gasteiger partial charge in [0.2, 0.25) is 0 Å². The van der Waals surface area contributed by atoms with Crippen molar-refractivity contribution in [1.29, 1.82) is 0 Å². The Labute approximate surface area is 216 Å². The van der Waals surface area contributed by atoms with E-state index in [4.69, 9.17) is 0 Å². The number of rotatable bonds is 9. The van der Waals surface area contributed by atoms with Gasteiger partial charge in [0.1, 0.15) is 0 Å². The van der Waals surface area contributed by atoms with Crippen LogP contribution in [-0.4, -0.2) is 20.6 Å². The molecule has 37 heavy (non-hydrogen) atoms. The summed E-state index contributed by atoms with van der Waals surface area (Å²) in [6.07, 6.45) is 4.63. The van der Waals surface area contributed by atoms with Gasteiger partial charge in [0.05, 0.1) is 12.3 Å². The van der Waals surface area contributed by atoms with Gasteiger partial charge < -0.3 is 20.3 Å². The number of hydrogen-bond donors (Lipinski definition) is 3. The number of unbranched alkanes of at least 4 members (excludes halogenated alkanes) is 1. The summed E-state index contributed by atoms with van der Waals surface area (Å²) < 4.78 is 1.48. The fourth-order valence-corrected chi connectivity index (χ4v) is 4.27. The van der Waals surface area contributed by atoms with E-state index in [1.807, 2.05) is 55.5 Å². The molecule has 0 aliphatic rings. The van der Waals surface area contributed by atoms with Crippen molar-refractivity contribution >= 4 is 23.1 Å². The zero-order valence-corrected chi connectivity index (χ0v) is 21.4. The zero-order valence-electron chi connectivity index (χ0n) is 21.4. The van der Waals surface area contributed by atoms with Gasteiger partial charge in [-0.1, -0.05) is 55.8 Å². The topological polar surface area (TPSA) is 96.2 Å². The van der Waals surface area contributed by atoms with Crippen LogP contribution in [-0.2, 0) is 20.1 Å². The van der Waals surface area contributed by atoms with Gasteiger partial charge >= 0.3 is 0 Å². The lowest BCUT2D eigenvalue weighted by Gasteiger charge is -2.15. The molecule has 0 saturated carbocycles. The molecule has 0 bridgehead atoms. The van der Waals surface area contributed by atoms with Gasteiger partial charge in [0, 0.05) is 35.7 Å². The Morgan fingerprint density at radius 1 is 1.05 bits per heavy atom. The van der Waals surface area contributed by atoms with Gasteiger partial charge in [0.15, 0.2) is 5.82 Å². The maximum Gasteiger partial charge on any atom is 0.293 e. The molecule has 7 nitrogen and oxygen atoms in total. The normalized spacial score (nSPS) is 10.8. The molecule has 1 aromatic heterocycles. The van der Waals surface area contributed by atoms with E-state index in [1.165, 1.54) is 4.57 Å². The molecule has 0 radical (unpaired) electrons. The average molecular weight is 497 g/mol. The van der Waals surface area contributed by atoms with Crippen LogP contribution in [0.1, 0.15) is 46.8 Å². The van der Waals surface area contributed by atoms with Crippen LogP contribution in [0.15, 0.2) is 77.7 Å². The van der Waals surface area contributed by atoms with E-state index < -0.39 is 0 Å². The minimum atomic E-state index is -0.274. The third-order valence-corrected chi connectivity index (χ3v) is 6.36. The second-order valence-electron chi connectivity index (χ2n) is 9.07. The standard InChI is InChI=1S/C30H32N4O3/c1-4-5-11-22-12-6-7-14-25(22)29(36)33-26-16-9-15-24(20(26)2)27-18-34(3)30(37)28(32-27)31-23-13-8-10-21(17-23)19-35/h6-10,12-18,35H,4-5,11,19H2,1-3H3,(H,31,32)(H,33,36). The van der Waals surface area contributed by atoms with E-state index in [9.17, 15) is 14.7 Å². The molecule has 7 heteroatoms. The van der Waals surface area contributed by atoms with Crippen LogP contribution >= 0.6 is 0 Å². The van der Waals surface area contributed by atoms with Gasteiger partial charge in [-0.25, -0.2) is 4.98 Å². The maximum atomic E-state index is 13.2. The Kier molecular flexibility index (Phi) is 8.15. The molecule has 0 atom stereocenters. The molecule has 0 unspecified atom stereocenters. The first kappa shape index (κ1) is 25.9. The van der Waals surface area contributed by atoms with E-state index in [2.05, 4.69) is 22.5 Å². The van der Waals surface area contributed by atoms with Gasteiger partial charge in [0.25, 0.3) is 11.5 Å². The molecular weight excluding hydrogens is 464 g/mol. The fourth-order valence-electron chi connectivity index (χ4n) is 4.27. The average Bonchev–Trinajstić information content (AvgIpc) is 2.91. The Morgan fingerprint density at radius 2 is 1.84 bits per heavy atom. The first-order valence-electron chi connectivity index (χ1n) is 12.4. The number of anilines is 3. The molecule has 190 valence electrons. The van der Waals surface area contributed by atoms with Crippen molar-refractivity contribution in [3.8, 4) is 11.3 Å². The molecular formula is C30H32N4O3. The van der Waals surface area contributed by atoms with Crippen molar-refractivity contribution in [2.75, 3.05) is 10.6 Å². The highest BCUT2D eigenvalue weighted by molar-refractivity contribution is 6.06. The van der Waals surface area contributed by atoms with Crippen molar-refractivity contribution in [1.82, 2.24) is 9.55 Å². The number of aromatic nitrogens is 2. The Hall–Kier alpha value is -4.23. The summed E-state index contributed by atoms with van der Waals surface area (Å²) in [5.41, 5.74) is 5.77. The molecule has 0 fully saturated rings. The molecule has 0 saturated heterocycles. The third-order valence-electron chi connectivity index (χ3n) is 6.36. The number of carbonyl (C=O) groups excluding carboxylic acids is 1. The van der Waals surface area contributed by atoms with E-state index in [1.54, 1.807) is 31.4 Å². The predicted octanol–water partition coefficient (Wildman–Crippen LogP) is 5.59. The largest absolute Gasteiger partial charge is 0.392 e. The summed E-state index contributed by atoms with van der Waals surface area (Å²) in [4.78, 5) is 30.6. The van der Waals surface area contributed by atoms with E-state index in [-0.39, 0.29) is 23.9 Å². The molecule has 0 spiro atoms. The lowest BCUT2D eigenvalue weighted by molar-refractivity contribution is 0.102.